The lowest BCUT2D eigenvalue weighted by molar-refractivity contribution is -0.155. The summed E-state index contributed by atoms with van der Waals surface area (Å²) in [6.45, 7) is 12.7. The Bertz CT molecular complexity index is 808. The SMILES string of the molecule is CC=C(C)C(=O)OCC12CCC(C(C)(C)O)C(OC(=O)C(C)=CC)C3OC3(C)CCC1O2. The third kappa shape index (κ3) is 5.10. The fourth-order valence-electron chi connectivity index (χ4n) is 4.71. The summed E-state index contributed by atoms with van der Waals surface area (Å²) in [6, 6.07) is 0. The minimum Gasteiger partial charge on any atom is -0.459 e. The standard InChI is InChI=1S/C25H38O7/c1-8-15(3)21(26)29-14-25-13-10-17(23(5,6)28)19(30-22(27)16(4)9-2)20-24(7,32-20)12-11-18(25)31-25/h8-9,17-20,28H,10-14H2,1-7H3. The van der Waals surface area contributed by atoms with E-state index in [-0.39, 0.29) is 30.7 Å². The number of carbonyl (C=O) groups excluding carboxylic acids is 2. The number of fused-ring (bicyclic) bond motifs is 2. The molecule has 7 heteroatoms. The molecule has 7 nitrogen and oxygen atoms in total. The van der Waals surface area contributed by atoms with Gasteiger partial charge in [0.2, 0.25) is 0 Å². The van der Waals surface area contributed by atoms with Crippen LogP contribution in [0.1, 0.15) is 74.1 Å². The molecule has 0 spiro atoms. The third-order valence-corrected chi connectivity index (χ3v) is 7.43. The van der Waals surface area contributed by atoms with Gasteiger partial charge in [-0.1, -0.05) is 12.2 Å². The molecule has 0 aromatic rings. The molecular formula is C25H38O7. The average Bonchev–Trinajstić information content (AvgIpc) is 3.62. The molecule has 1 aliphatic carbocycles. The fourth-order valence-corrected chi connectivity index (χ4v) is 4.71. The third-order valence-electron chi connectivity index (χ3n) is 7.43. The largest absolute Gasteiger partial charge is 0.459 e. The van der Waals surface area contributed by atoms with Crippen molar-refractivity contribution in [2.75, 3.05) is 6.61 Å². The van der Waals surface area contributed by atoms with Crippen molar-refractivity contribution in [3.8, 4) is 0 Å². The van der Waals surface area contributed by atoms with E-state index in [9.17, 15) is 14.7 Å². The van der Waals surface area contributed by atoms with E-state index in [0.717, 1.165) is 12.8 Å². The Labute approximate surface area is 191 Å². The zero-order chi connectivity index (χ0) is 23.9. The summed E-state index contributed by atoms with van der Waals surface area (Å²) < 4.78 is 23.7. The van der Waals surface area contributed by atoms with Gasteiger partial charge in [-0.3, -0.25) is 0 Å². The number of hydrogen-bond donors (Lipinski definition) is 1. The number of epoxide rings is 2. The number of esters is 2. The van der Waals surface area contributed by atoms with E-state index in [1.54, 1.807) is 53.7 Å². The molecule has 2 aliphatic heterocycles. The highest BCUT2D eigenvalue weighted by molar-refractivity contribution is 5.88. The lowest BCUT2D eigenvalue weighted by atomic mass is 9.76. The molecule has 32 heavy (non-hydrogen) atoms. The molecule has 1 saturated carbocycles. The van der Waals surface area contributed by atoms with Crippen LogP contribution in [0.3, 0.4) is 0 Å². The normalized spacial score (nSPS) is 37.6. The van der Waals surface area contributed by atoms with Gasteiger partial charge in [0.25, 0.3) is 0 Å². The number of allylic oxidation sites excluding steroid dienone is 2. The van der Waals surface area contributed by atoms with E-state index in [0.29, 0.717) is 24.0 Å². The van der Waals surface area contributed by atoms with Crippen LogP contribution in [0, 0.1) is 5.92 Å². The Morgan fingerprint density at radius 1 is 1.06 bits per heavy atom. The van der Waals surface area contributed by atoms with E-state index in [1.165, 1.54) is 0 Å². The Morgan fingerprint density at radius 3 is 2.28 bits per heavy atom. The average molecular weight is 451 g/mol. The van der Waals surface area contributed by atoms with Gasteiger partial charge in [0.15, 0.2) is 0 Å². The van der Waals surface area contributed by atoms with Crippen molar-refractivity contribution in [2.24, 2.45) is 5.92 Å². The van der Waals surface area contributed by atoms with E-state index in [2.05, 4.69) is 0 Å². The Hall–Kier alpha value is -1.70. The molecule has 6 atom stereocenters. The highest BCUT2D eigenvalue weighted by atomic mass is 16.7. The van der Waals surface area contributed by atoms with Crippen molar-refractivity contribution in [2.45, 2.75) is 109 Å². The molecule has 0 aromatic carbocycles. The summed E-state index contributed by atoms with van der Waals surface area (Å²) in [6.07, 6.45) is 5.21. The van der Waals surface area contributed by atoms with Gasteiger partial charge in [-0.2, -0.15) is 0 Å². The predicted octanol–water partition coefficient (Wildman–Crippen LogP) is 3.63. The van der Waals surface area contributed by atoms with Crippen molar-refractivity contribution in [1.82, 2.24) is 0 Å². The summed E-state index contributed by atoms with van der Waals surface area (Å²) in [5.74, 6) is -1.11. The van der Waals surface area contributed by atoms with Crippen molar-refractivity contribution >= 4 is 11.9 Å². The minimum absolute atomic E-state index is 0.0188. The molecule has 1 N–H and O–H groups in total. The molecule has 0 aromatic heterocycles. The molecule has 0 amide bonds. The predicted molar refractivity (Wildman–Crippen MR) is 119 cm³/mol. The minimum atomic E-state index is -1.11. The molecule has 3 aliphatic rings. The van der Waals surface area contributed by atoms with E-state index < -0.39 is 28.9 Å². The van der Waals surface area contributed by atoms with Gasteiger partial charge in [0.05, 0.1) is 17.3 Å². The smallest absolute Gasteiger partial charge is 0.333 e. The van der Waals surface area contributed by atoms with Crippen molar-refractivity contribution < 1.29 is 33.6 Å². The van der Waals surface area contributed by atoms with E-state index >= 15 is 0 Å². The molecule has 2 heterocycles. The Balaban J connectivity index is 1.82. The van der Waals surface area contributed by atoms with E-state index in [4.69, 9.17) is 18.9 Å². The van der Waals surface area contributed by atoms with Crippen LogP contribution < -0.4 is 0 Å². The van der Waals surface area contributed by atoms with Crippen molar-refractivity contribution in [3.05, 3.63) is 23.3 Å². The van der Waals surface area contributed by atoms with E-state index in [1.807, 2.05) is 6.92 Å². The van der Waals surface area contributed by atoms with Gasteiger partial charge in [0.1, 0.15) is 24.4 Å². The van der Waals surface area contributed by atoms with Gasteiger partial charge in [-0.15, -0.1) is 0 Å². The van der Waals surface area contributed by atoms with Crippen LogP contribution in [0.25, 0.3) is 0 Å². The topological polar surface area (TPSA) is 97.9 Å². The summed E-state index contributed by atoms with van der Waals surface area (Å²) in [5.41, 5.74) is -1.04. The zero-order valence-corrected chi connectivity index (χ0v) is 20.4. The van der Waals surface area contributed by atoms with Crippen LogP contribution in [0.2, 0.25) is 0 Å². The highest BCUT2D eigenvalue weighted by Crippen LogP contribution is 2.53. The second-order valence-electron chi connectivity index (χ2n) is 10.2. The first-order chi connectivity index (χ1) is 14.9. The van der Waals surface area contributed by atoms with Crippen LogP contribution in [0.4, 0.5) is 0 Å². The maximum atomic E-state index is 12.6. The number of hydrogen-bond acceptors (Lipinski definition) is 7. The molecular weight excluding hydrogens is 412 g/mol. The first kappa shape index (κ1) is 24.9. The maximum absolute atomic E-state index is 12.6. The fraction of sp³-hybridized carbons (Fsp3) is 0.760. The molecule has 2 saturated heterocycles. The lowest BCUT2D eigenvalue weighted by Gasteiger charge is -2.36. The van der Waals surface area contributed by atoms with Crippen LogP contribution in [0.15, 0.2) is 23.3 Å². The first-order valence-electron chi connectivity index (χ1n) is 11.6. The molecule has 180 valence electrons. The first-order valence-corrected chi connectivity index (χ1v) is 11.6. The summed E-state index contributed by atoms with van der Waals surface area (Å²) in [7, 11) is 0. The quantitative estimate of drug-likeness (QED) is 0.375. The number of rotatable bonds is 6. The zero-order valence-electron chi connectivity index (χ0n) is 20.4. The van der Waals surface area contributed by atoms with Crippen LogP contribution in [0.5, 0.6) is 0 Å². The second-order valence-corrected chi connectivity index (χ2v) is 10.2. The Morgan fingerprint density at radius 2 is 1.69 bits per heavy atom. The molecule has 6 unspecified atom stereocenters. The lowest BCUT2D eigenvalue weighted by Crippen LogP contribution is -2.47. The van der Waals surface area contributed by atoms with Gasteiger partial charge >= 0.3 is 11.9 Å². The molecule has 3 fully saturated rings. The maximum Gasteiger partial charge on any atom is 0.333 e. The second kappa shape index (κ2) is 8.92. The van der Waals surface area contributed by atoms with Crippen molar-refractivity contribution in [1.29, 1.82) is 0 Å². The van der Waals surface area contributed by atoms with Gasteiger partial charge < -0.3 is 24.1 Å². The number of carbonyl (C=O) groups is 2. The molecule has 0 radical (unpaired) electrons. The highest BCUT2D eigenvalue weighted by Gasteiger charge is 2.65. The summed E-state index contributed by atoms with van der Waals surface area (Å²) in [4.78, 5) is 24.8. The molecule has 3 rings (SSSR count). The van der Waals surface area contributed by atoms with Crippen LogP contribution in [-0.2, 0) is 28.5 Å². The molecule has 0 bridgehead atoms. The monoisotopic (exact) mass is 450 g/mol. The number of aliphatic hydroxyl groups is 1. The van der Waals surface area contributed by atoms with Gasteiger partial charge in [0, 0.05) is 17.1 Å². The van der Waals surface area contributed by atoms with Crippen LogP contribution in [-0.4, -0.2) is 58.8 Å². The van der Waals surface area contributed by atoms with Gasteiger partial charge in [-0.05, 0) is 74.1 Å². The van der Waals surface area contributed by atoms with Crippen molar-refractivity contribution in [3.63, 3.8) is 0 Å². The van der Waals surface area contributed by atoms with Crippen LogP contribution >= 0.6 is 0 Å². The summed E-state index contributed by atoms with van der Waals surface area (Å²) in [5, 5.41) is 11.0. The number of ether oxygens (including phenoxy) is 4. The Kier molecular flexibility index (Phi) is 6.95. The summed E-state index contributed by atoms with van der Waals surface area (Å²) >= 11 is 0. The van der Waals surface area contributed by atoms with Gasteiger partial charge in [-0.25, -0.2) is 9.59 Å².